The highest BCUT2D eigenvalue weighted by Crippen LogP contribution is 2.13. The van der Waals surface area contributed by atoms with Crippen LogP contribution in [-0.4, -0.2) is 33.4 Å². The van der Waals surface area contributed by atoms with Crippen molar-refractivity contribution in [3.63, 3.8) is 0 Å². The number of rotatable bonds is 6. The van der Waals surface area contributed by atoms with E-state index in [4.69, 9.17) is 0 Å². The summed E-state index contributed by atoms with van der Waals surface area (Å²) in [4.78, 5) is 18.4. The molecule has 0 aromatic carbocycles. The third-order valence-electron chi connectivity index (χ3n) is 3.07. The van der Waals surface area contributed by atoms with Crippen molar-refractivity contribution in [1.82, 2.24) is 14.5 Å². The molecule has 96 valence electrons. The summed E-state index contributed by atoms with van der Waals surface area (Å²) in [6.07, 6.45) is 5.64. The Hall–Kier alpha value is -1.32. The Kier molecular flexibility index (Phi) is 5.19. The van der Waals surface area contributed by atoms with Crippen LogP contribution in [0.3, 0.4) is 0 Å². The predicted molar refractivity (Wildman–Crippen MR) is 68.9 cm³/mol. The predicted octanol–water partition coefficient (Wildman–Crippen LogP) is 2.27. The Balaban J connectivity index is 2.84. The zero-order valence-electron chi connectivity index (χ0n) is 11.3. The number of aryl methyl sites for hydroxylation is 1. The summed E-state index contributed by atoms with van der Waals surface area (Å²) in [5.74, 6) is 1.17. The minimum Gasteiger partial charge on any atom is -0.341 e. The third-order valence-corrected chi connectivity index (χ3v) is 3.07. The molecule has 17 heavy (non-hydrogen) atoms. The average molecular weight is 237 g/mol. The van der Waals surface area contributed by atoms with Gasteiger partial charge in [-0.3, -0.25) is 4.79 Å². The van der Waals surface area contributed by atoms with Crippen molar-refractivity contribution in [2.24, 2.45) is 0 Å². The quantitative estimate of drug-likeness (QED) is 0.761. The van der Waals surface area contributed by atoms with Gasteiger partial charge in [-0.25, -0.2) is 4.98 Å². The van der Waals surface area contributed by atoms with E-state index in [1.807, 2.05) is 36.4 Å². The molecule has 1 aromatic heterocycles. The van der Waals surface area contributed by atoms with Crippen LogP contribution in [0.1, 0.15) is 46.0 Å². The zero-order chi connectivity index (χ0) is 12.8. The molecule has 4 nitrogen and oxygen atoms in total. The molecular formula is C13H23N3O. The standard InChI is InChI=1S/C13H23N3O/c1-5-8-12-14-9-10-16(12)11(4)13(17)15(6-2)7-3/h9-11H,5-8H2,1-4H3. The summed E-state index contributed by atoms with van der Waals surface area (Å²) in [7, 11) is 0. The number of likely N-dealkylation sites (N-methyl/N-ethyl adjacent to an activating group) is 1. The van der Waals surface area contributed by atoms with Crippen molar-refractivity contribution >= 4 is 5.91 Å². The first-order valence-electron chi connectivity index (χ1n) is 6.46. The first-order chi connectivity index (χ1) is 8.15. The van der Waals surface area contributed by atoms with Crippen LogP contribution in [0.4, 0.5) is 0 Å². The Morgan fingerprint density at radius 2 is 2.06 bits per heavy atom. The molecule has 0 aliphatic carbocycles. The highest BCUT2D eigenvalue weighted by atomic mass is 16.2. The molecule has 0 aliphatic rings. The molecule has 0 aliphatic heterocycles. The number of amides is 1. The van der Waals surface area contributed by atoms with Gasteiger partial charge in [-0.05, 0) is 27.2 Å². The van der Waals surface area contributed by atoms with E-state index in [2.05, 4.69) is 11.9 Å². The number of aromatic nitrogens is 2. The fraction of sp³-hybridized carbons (Fsp3) is 0.692. The van der Waals surface area contributed by atoms with Gasteiger partial charge in [0.15, 0.2) is 0 Å². The van der Waals surface area contributed by atoms with E-state index in [-0.39, 0.29) is 11.9 Å². The molecule has 0 saturated carbocycles. The van der Waals surface area contributed by atoms with Crippen LogP contribution < -0.4 is 0 Å². The van der Waals surface area contributed by atoms with Gasteiger partial charge < -0.3 is 9.47 Å². The van der Waals surface area contributed by atoms with E-state index in [1.165, 1.54) is 0 Å². The van der Waals surface area contributed by atoms with Crippen LogP contribution in [0.15, 0.2) is 12.4 Å². The minimum absolute atomic E-state index is 0.154. The van der Waals surface area contributed by atoms with E-state index in [0.29, 0.717) is 0 Å². The van der Waals surface area contributed by atoms with E-state index in [0.717, 1.165) is 31.8 Å². The highest BCUT2D eigenvalue weighted by molar-refractivity contribution is 5.80. The maximum absolute atomic E-state index is 12.2. The molecule has 0 fully saturated rings. The number of nitrogens with zero attached hydrogens (tertiary/aromatic N) is 3. The molecule has 1 rings (SSSR count). The lowest BCUT2D eigenvalue weighted by molar-refractivity contribution is -0.133. The molecule has 1 unspecified atom stereocenters. The normalized spacial score (nSPS) is 12.5. The fourth-order valence-corrected chi connectivity index (χ4v) is 2.03. The Morgan fingerprint density at radius 3 is 2.59 bits per heavy atom. The van der Waals surface area contributed by atoms with Crippen LogP contribution in [0.5, 0.6) is 0 Å². The topological polar surface area (TPSA) is 38.1 Å². The average Bonchev–Trinajstić information content (AvgIpc) is 2.78. The molecule has 1 amide bonds. The summed E-state index contributed by atoms with van der Waals surface area (Å²) in [6.45, 7) is 9.61. The fourth-order valence-electron chi connectivity index (χ4n) is 2.03. The molecular weight excluding hydrogens is 214 g/mol. The molecule has 0 saturated heterocycles. The van der Waals surface area contributed by atoms with Crippen LogP contribution in [-0.2, 0) is 11.2 Å². The van der Waals surface area contributed by atoms with Crippen molar-refractivity contribution in [3.8, 4) is 0 Å². The van der Waals surface area contributed by atoms with Gasteiger partial charge in [0.2, 0.25) is 5.91 Å². The molecule has 0 radical (unpaired) electrons. The van der Waals surface area contributed by atoms with Gasteiger partial charge in [0, 0.05) is 31.9 Å². The monoisotopic (exact) mass is 237 g/mol. The van der Waals surface area contributed by atoms with Crippen LogP contribution in [0, 0.1) is 0 Å². The van der Waals surface area contributed by atoms with Crippen molar-refractivity contribution in [2.75, 3.05) is 13.1 Å². The summed E-state index contributed by atoms with van der Waals surface area (Å²) < 4.78 is 1.99. The summed E-state index contributed by atoms with van der Waals surface area (Å²) >= 11 is 0. The lowest BCUT2D eigenvalue weighted by Crippen LogP contribution is -2.36. The molecule has 0 N–H and O–H groups in total. The Morgan fingerprint density at radius 1 is 1.41 bits per heavy atom. The van der Waals surface area contributed by atoms with Gasteiger partial charge in [0.1, 0.15) is 11.9 Å². The van der Waals surface area contributed by atoms with Crippen LogP contribution >= 0.6 is 0 Å². The molecule has 4 heteroatoms. The number of carbonyl (C=O) groups excluding carboxylic acids is 1. The molecule has 0 spiro atoms. The highest BCUT2D eigenvalue weighted by Gasteiger charge is 2.21. The van der Waals surface area contributed by atoms with Crippen molar-refractivity contribution in [1.29, 1.82) is 0 Å². The maximum atomic E-state index is 12.2. The molecule has 1 heterocycles. The zero-order valence-corrected chi connectivity index (χ0v) is 11.3. The van der Waals surface area contributed by atoms with Gasteiger partial charge in [0.25, 0.3) is 0 Å². The second-order valence-corrected chi connectivity index (χ2v) is 4.19. The SMILES string of the molecule is CCCc1nccn1C(C)C(=O)N(CC)CC. The van der Waals surface area contributed by atoms with Crippen molar-refractivity contribution in [2.45, 2.75) is 46.6 Å². The van der Waals surface area contributed by atoms with Gasteiger partial charge in [0.05, 0.1) is 0 Å². The first kappa shape index (κ1) is 13.7. The largest absolute Gasteiger partial charge is 0.341 e. The second-order valence-electron chi connectivity index (χ2n) is 4.19. The smallest absolute Gasteiger partial charge is 0.245 e. The van der Waals surface area contributed by atoms with Gasteiger partial charge >= 0.3 is 0 Å². The van der Waals surface area contributed by atoms with Crippen molar-refractivity contribution in [3.05, 3.63) is 18.2 Å². The molecule has 1 aromatic rings. The summed E-state index contributed by atoms with van der Waals surface area (Å²) in [6, 6.07) is -0.154. The van der Waals surface area contributed by atoms with Gasteiger partial charge in [-0.15, -0.1) is 0 Å². The number of hydrogen-bond donors (Lipinski definition) is 0. The van der Waals surface area contributed by atoms with Gasteiger partial charge in [-0.1, -0.05) is 6.92 Å². The van der Waals surface area contributed by atoms with E-state index < -0.39 is 0 Å². The molecule has 0 bridgehead atoms. The van der Waals surface area contributed by atoms with Crippen molar-refractivity contribution < 1.29 is 4.79 Å². The summed E-state index contributed by atoms with van der Waals surface area (Å²) in [5, 5.41) is 0. The first-order valence-corrected chi connectivity index (χ1v) is 6.46. The van der Waals surface area contributed by atoms with Crippen LogP contribution in [0.25, 0.3) is 0 Å². The number of imidazole rings is 1. The minimum atomic E-state index is -0.154. The van der Waals surface area contributed by atoms with E-state index in [9.17, 15) is 4.79 Å². The Labute approximate surface area is 104 Å². The van der Waals surface area contributed by atoms with E-state index >= 15 is 0 Å². The summed E-state index contributed by atoms with van der Waals surface area (Å²) in [5.41, 5.74) is 0. The lowest BCUT2D eigenvalue weighted by Gasteiger charge is -2.24. The second kappa shape index (κ2) is 6.42. The maximum Gasteiger partial charge on any atom is 0.245 e. The number of hydrogen-bond acceptors (Lipinski definition) is 2. The Bertz CT molecular complexity index is 355. The van der Waals surface area contributed by atoms with Gasteiger partial charge in [-0.2, -0.15) is 0 Å². The van der Waals surface area contributed by atoms with Crippen LogP contribution in [0.2, 0.25) is 0 Å². The third kappa shape index (κ3) is 3.08. The lowest BCUT2D eigenvalue weighted by atomic mass is 10.2. The molecule has 1 atom stereocenters. The van der Waals surface area contributed by atoms with E-state index in [1.54, 1.807) is 6.20 Å². The number of carbonyl (C=O) groups is 1.